The molecule has 116 valence electrons. The fourth-order valence-corrected chi connectivity index (χ4v) is 3.65. The van der Waals surface area contributed by atoms with Crippen molar-refractivity contribution in [1.29, 1.82) is 0 Å². The van der Waals surface area contributed by atoms with Crippen LogP contribution in [-0.4, -0.2) is 10.2 Å². The van der Waals surface area contributed by atoms with Gasteiger partial charge in [-0.25, -0.2) is 4.39 Å². The first kappa shape index (κ1) is 16.5. The number of thiocarbonyl (C=S) groups is 1. The summed E-state index contributed by atoms with van der Waals surface area (Å²) in [5.41, 5.74) is 0.862. The molecule has 2 nitrogen and oxygen atoms in total. The Morgan fingerprint density at radius 1 is 1.13 bits per heavy atom. The molecule has 1 aliphatic rings. The van der Waals surface area contributed by atoms with Crippen molar-refractivity contribution in [2.24, 2.45) is 0 Å². The summed E-state index contributed by atoms with van der Waals surface area (Å²) in [4.78, 5) is 14.1. The molecular formula is C16H8Cl2FNOS2. The molecule has 0 N–H and O–H groups in total. The number of benzene rings is 2. The minimum Gasteiger partial charge on any atom is -0.268 e. The lowest BCUT2D eigenvalue weighted by molar-refractivity contribution is -0.113. The van der Waals surface area contributed by atoms with Crippen LogP contribution in [0.25, 0.3) is 6.08 Å². The highest BCUT2D eigenvalue weighted by atomic mass is 35.5. The normalized spacial score (nSPS) is 16.5. The number of carbonyl (C=O) groups is 1. The third kappa shape index (κ3) is 3.28. The Bertz CT molecular complexity index is 854. The second-order valence-corrected chi connectivity index (χ2v) is 7.13. The number of thioether (sulfide) groups is 1. The molecule has 3 rings (SSSR count). The first-order chi connectivity index (χ1) is 11.0. The predicted octanol–water partition coefficient (Wildman–Crippen LogP) is 5.54. The zero-order chi connectivity index (χ0) is 16.6. The number of nitrogens with zero attached hydrogens (tertiary/aromatic N) is 1. The topological polar surface area (TPSA) is 20.3 Å². The fraction of sp³-hybridized carbons (Fsp3) is 0. The Morgan fingerprint density at radius 2 is 1.87 bits per heavy atom. The molecule has 0 atom stereocenters. The van der Waals surface area contributed by atoms with Gasteiger partial charge in [0.1, 0.15) is 5.82 Å². The van der Waals surface area contributed by atoms with Gasteiger partial charge in [-0.2, -0.15) is 0 Å². The summed E-state index contributed by atoms with van der Waals surface area (Å²) in [6, 6.07) is 11.1. The van der Waals surface area contributed by atoms with Crippen molar-refractivity contribution in [2.45, 2.75) is 0 Å². The highest BCUT2D eigenvalue weighted by molar-refractivity contribution is 8.27. The van der Waals surface area contributed by atoms with Crippen LogP contribution < -0.4 is 4.90 Å². The summed E-state index contributed by atoms with van der Waals surface area (Å²) in [7, 11) is 0. The van der Waals surface area contributed by atoms with Gasteiger partial charge in [-0.15, -0.1) is 0 Å². The molecule has 0 saturated carbocycles. The summed E-state index contributed by atoms with van der Waals surface area (Å²) in [6.07, 6.45) is 1.66. The second kappa shape index (κ2) is 6.61. The van der Waals surface area contributed by atoms with E-state index in [1.165, 1.54) is 17.0 Å². The molecule has 0 spiro atoms. The Morgan fingerprint density at radius 3 is 2.57 bits per heavy atom. The number of para-hydroxylation sites is 1. The molecule has 0 aromatic heterocycles. The van der Waals surface area contributed by atoms with Crippen LogP contribution in [0, 0.1) is 5.82 Å². The molecule has 1 fully saturated rings. The third-order valence-corrected chi connectivity index (χ3v) is 5.17. The van der Waals surface area contributed by atoms with E-state index in [0.29, 0.717) is 20.5 Å². The molecule has 2 aromatic carbocycles. The molecular weight excluding hydrogens is 376 g/mol. The van der Waals surface area contributed by atoms with E-state index in [4.69, 9.17) is 35.4 Å². The molecule has 23 heavy (non-hydrogen) atoms. The summed E-state index contributed by atoms with van der Waals surface area (Å²) < 4.78 is 14.2. The van der Waals surface area contributed by atoms with E-state index in [2.05, 4.69) is 0 Å². The van der Waals surface area contributed by atoms with E-state index in [1.54, 1.807) is 36.4 Å². The van der Waals surface area contributed by atoms with E-state index >= 15 is 0 Å². The summed E-state index contributed by atoms with van der Waals surface area (Å²) in [5, 5.41) is 0.827. The predicted molar refractivity (Wildman–Crippen MR) is 98.5 cm³/mol. The molecule has 0 bridgehead atoms. The van der Waals surface area contributed by atoms with Gasteiger partial charge in [-0.3, -0.25) is 9.69 Å². The summed E-state index contributed by atoms with van der Waals surface area (Å²) in [5.74, 6) is -0.865. The van der Waals surface area contributed by atoms with Crippen LogP contribution in [0.5, 0.6) is 0 Å². The van der Waals surface area contributed by atoms with Gasteiger partial charge < -0.3 is 0 Å². The maximum absolute atomic E-state index is 13.9. The Hall–Kier alpha value is -1.40. The van der Waals surface area contributed by atoms with Crippen LogP contribution in [0.1, 0.15) is 5.56 Å². The van der Waals surface area contributed by atoms with E-state index in [0.717, 1.165) is 11.8 Å². The largest absolute Gasteiger partial charge is 0.270 e. The number of rotatable bonds is 2. The van der Waals surface area contributed by atoms with Gasteiger partial charge in [0.25, 0.3) is 5.91 Å². The Labute approximate surface area is 151 Å². The Balaban J connectivity index is 1.96. The SMILES string of the molecule is O=C1C(=Cc2ccc(Cl)c(Cl)c2)SC(=S)N1c1ccccc1F. The third-order valence-electron chi connectivity index (χ3n) is 3.13. The maximum Gasteiger partial charge on any atom is 0.270 e. The van der Waals surface area contributed by atoms with Crippen LogP contribution in [0.4, 0.5) is 10.1 Å². The molecule has 0 aliphatic carbocycles. The van der Waals surface area contributed by atoms with E-state index in [-0.39, 0.29) is 15.9 Å². The summed E-state index contributed by atoms with van der Waals surface area (Å²) >= 11 is 18.2. The van der Waals surface area contributed by atoms with Gasteiger partial charge in [0.2, 0.25) is 0 Å². The second-order valence-electron chi connectivity index (χ2n) is 4.64. The minimum absolute atomic E-state index is 0.146. The zero-order valence-corrected chi connectivity index (χ0v) is 14.6. The fourth-order valence-electron chi connectivity index (χ4n) is 2.06. The molecule has 2 aromatic rings. The van der Waals surface area contributed by atoms with Crippen molar-refractivity contribution in [2.75, 3.05) is 4.90 Å². The number of amides is 1. The van der Waals surface area contributed by atoms with E-state index < -0.39 is 5.82 Å². The van der Waals surface area contributed by atoms with Crippen LogP contribution in [0.3, 0.4) is 0 Å². The summed E-state index contributed by atoms with van der Waals surface area (Å²) in [6.45, 7) is 0. The van der Waals surface area contributed by atoms with Crippen molar-refractivity contribution in [3.05, 3.63) is 68.8 Å². The average molecular weight is 384 g/mol. The van der Waals surface area contributed by atoms with Gasteiger partial charge in [-0.1, -0.05) is 65.4 Å². The standard InChI is InChI=1S/C16H8Cl2FNOS2/c17-10-6-5-9(7-11(10)18)8-14-15(21)20(16(22)23-14)13-4-2-1-3-12(13)19/h1-8H. The van der Waals surface area contributed by atoms with Gasteiger partial charge >= 0.3 is 0 Å². The van der Waals surface area contributed by atoms with Crippen LogP contribution in [0.15, 0.2) is 47.4 Å². The van der Waals surface area contributed by atoms with Crippen LogP contribution in [0.2, 0.25) is 10.0 Å². The lowest BCUT2D eigenvalue weighted by Gasteiger charge is -2.14. The van der Waals surface area contributed by atoms with Crippen LogP contribution in [-0.2, 0) is 4.79 Å². The quantitative estimate of drug-likeness (QED) is 0.501. The monoisotopic (exact) mass is 383 g/mol. The van der Waals surface area contributed by atoms with E-state index in [1.807, 2.05) is 0 Å². The van der Waals surface area contributed by atoms with Gasteiger partial charge in [-0.05, 0) is 35.9 Å². The first-order valence-corrected chi connectivity index (χ1v) is 8.43. The lowest BCUT2D eigenvalue weighted by Crippen LogP contribution is -2.28. The smallest absolute Gasteiger partial charge is 0.268 e. The maximum atomic E-state index is 13.9. The van der Waals surface area contributed by atoms with Crippen molar-refractivity contribution in [1.82, 2.24) is 0 Å². The highest BCUT2D eigenvalue weighted by Gasteiger charge is 2.34. The Kier molecular flexibility index (Phi) is 4.73. The molecule has 7 heteroatoms. The van der Waals surface area contributed by atoms with Gasteiger partial charge in [0.05, 0.1) is 20.6 Å². The number of halogens is 3. The van der Waals surface area contributed by atoms with Crippen molar-refractivity contribution < 1.29 is 9.18 Å². The molecule has 0 radical (unpaired) electrons. The number of hydrogen-bond acceptors (Lipinski definition) is 3. The first-order valence-electron chi connectivity index (χ1n) is 6.45. The molecule has 1 heterocycles. The van der Waals surface area contributed by atoms with Gasteiger partial charge in [0.15, 0.2) is 4.32 Å². The van der Waals surface area contributed by atoms with Crippen molar-refractivity contribution in [3.8, 4) is 0 Å². The lowest BCUT2D eigenvalue weighted by atomic mass is 10.2. The molecule has 1 aliphatic heterocycles. The number of hydrogen-bond donors (Lipinski definition) is 0. The van der Waals surface area contributed by atoms with Crippen LogP contribution >= 0.6 is 47.2 Å². The van der Waals surface area contributed by atoms with Crippen molar-refractivity contribution in [3.63, 3.8) is 0 Å². The zero-order valence-electron chi connectivity index (χ0n) is 11.4. The highest BCUT2D eigenvalue weighted by Crippen LogP contribution is 2.37. The molecule has 1 saturated heterocycles. The van der Waals surface area contributed by atoms with Crippen molar-refractivity contribution >= 4 is 69.2 Å². The number of carbonyl (C=O) groups excluding carboxylic acids is 1. The average Bonchev–Trinajstić information content (AvgIpc) is 2.78. The number of anilines is 1. The minimum atomic E-state index is -0.500. The van der Waals surface area contributed by atoms with E-state index in [9.17, 15) is 9.18 Å². The van der Waals surface area contributed by atoms with Gasteiger partial charge in [0, 0.05) is 0 Å². The molecule has 1 amide bonds. The molecule has 0 unspecified atom stereocenters.